The van der Waals surface area contributed by atoms with Gasteiger partial charge in [0, 0.05) is 33.1 Å². The summed E-state index contributed by atoms with van der Waals surface area (Å²) >= 11 is 0. The van der Waals surface area contributed by atoms with E-state index in [1.54, 1.807) is 0 Å². The predicted octanol–water partition coefficient (Wildman–Crippen LogP) is 10.6. The summed E-state index contributed by atoms with van der Waals surface area (Å²) in [5.41, 5.74) is 12.8. The minimum Gasteiger partial charge on any atom is -0.310 e. The number of fused-ring (bicyclic) bond motifs is 6. The van der Waals surface area contributed by atoms with Crippen LogP contribution in [0.5, 0.6) is 0 Å². The number of hydrogen-bond donors (Lipinski definition) is 0. The third-order valence-corrected chi connectivity index (χ3v) is 9.91. The molecule has 5 heteroatoms. The lowest BCUT2D eigenvalue weighted by Crippen LogP contribution is -2.00. The van der Waals surface area contributed by atoms with E-state index in [1.807, 2.05) is 54.6 Å². The van der Waals surface area contributed by atoms with Crippen LogP contribution < -0.4 is 0 Å². The third-order valence-electron chi connectivity index (χ3n) is 9.91. The van der Waals surface area contributed by atoms with E-state index in [0.29, 0.717) is 16.7 Å². The van der Waals surface area contributed by atoms with Gasteiger partial charge in [-0.1, -0.05) is 72.8 Å². The number of allylic oxidation sites excluding steroid dienone is 1. The highest BCUT2D eigenvalue weighted by atomic mass is 15.0. The average molecular weight is 638 g/mol. The number of rotatable bonds is 4. The van der Waals surface area contributed by atoms with Gasteiger partial charge in [0.15, 0.2) is 0 Å². The summed E-state index contributed by atoms with van der Waals surface area (Å²) in [5, 5.41) is 33.1. The van der Waals surface area contributed by atoms with Crippen LogP contribution in [-0.2, 0) is 6.42 Å². The van der Waals surface area contributed by atoms with E-state index in [1.165, 1.54) is 11.3 Å². The second-order valence-corrected chi connectivity index (χ2v) is 12.6. The van der Waals surface area contributed by atoms with Gasteiger partial charge in [0.2, 0.25) is 0 Å². The van der Waals surface area contributed by atoms with Crippen molar-refractivity contribution in [1.29, 1.82) is 15.8 Å². The van der Waals surface area contributed by atoms with Crippen molar-refractivity contribution in [2.24, 2.45) is 0 Å². The van der Waals surface area contributed by atoms with E-state index in [0.717, 1.165) is 79.2 Å². The molecule has 0 N–H and O–H groups in total. The maximum Gasteiger partial charge on any atom is 0.101 e. The fourth-order valence-electron chi connectivity index (χ4n) is 7.62. The third kappa shape index (κ3) is 4.45. The fraction of sp³-hybridized carbons (Fsp3) is 0.0444. The SMILES string of the molecule is N#Cc1ccc2c(c1)c1c(n2-c2ccc(-c3cccc(-c4cc(C#N)c(C#N)cc4-n4c5ccccc5c5ccccc54)c3)cc2)C=CCC1. The number of nitriles is 3. The Labute approximate surface area is 289 Å². The van der Waals surface area contributed by atoms with Gasteiger partial charge in [0.05, 0.1) is 45.0 Å². The molecule has 2 aromatic heterocycles. The van der Waals surface area contributed by atoms with Gasteiger partial charge in [-0.3, -0.25) is 0 Å². The Balaban J connectivity index is 1.18. The Morgan fingerprint density at radius 2 is 1.20 bits per heavy atom. The molecule has 1 aliphatic rings. The van der Waals surface area contributed by atoms with Gasteiger partial charge in [0.25, 0.3) is 0 Å². The van der Waals surface area contributed by atoms with E-state index in [9.17, 15) is 15.8 Å². The van der Waals surface area contributed by atoms with Gasteiger partial charge in [-0.05, 0) is 102 Å². The van der Waals surface area contributed by atoms with E-state index >= 15 is 0 Å². The first-order chi connectivity index (χ1) is 24.7. The maximum atomic E-state index is 10.1. The highest BCUT2D eigenvalue weighted by Gasteiger charge is 2.20. The second-order valence-electron chi connectivity index (χ2n) is 12.6. The van der Waals surface area contributed by atoms with Crippen molar-refractivity contribution >= 4 is 38.8 Å². The molecule has 0 bridgehead atoms. The normalized spacial score (nSPS) is 12.1. The molecule has 0 radical (unpaired) electrons. The predicted molar refractivity (Wildman–Crippen MR) is 200 cm³/mol. The van der Waals surface area contributed by atoms with Crippen molar-refractivity contribution in [1.82, 2.24) is 9.13 Å². The summed E-state index contributed by atoms with van der Waals surface area (Å²) in [5.74, 6) is 0. The first-order valence-electron chi connectivity index (χ1n) is 16.6. The van der Waals surface area contributed by atoms with Crippen LogP contribution in [0.3, 0.4) is 0 Å². The molecule has 1 aliphatic carbocycles. The number of hydrogen-bond acceptors (Lipinski definition) is 3. The number of para-hydroxylation sites is 2. The fourth-order valence-corrected chi connectivity index (χ4v) is 7.62. The van der Waals surface area contributed by atoms with Crippen molar-refractivity contribution in [3.63, 3.8) is 0 Å². The molecule has 5 nitrogen and oxygen atoms in total. The molecule has 0 saturated carbocycles. The number of aryl methyl sites for hydroxylation is 1. The Morgan fingerprint density at radius 3 is 1.92 bits per heavy atom. The van der Waals surface area contributed by atoms with Crippen LogP contribution >= 0.6 is 0 Å². The summed E-state index contributed by atoms with van der Waals surface area (Å²) in [6, 6.07) is 50.1. The molecule has 6 aromatic carbocycles. The first kappa shape index (κ1) is 29.0. The highest BCUT2D eigenvalue weighted by Crippen LogP contribution is 2.39. The van der Waals surface area contributed by atoms with Crippen molar-refractivity contribution in [3.05, 3.63) is 161 Å². The van der Waals surface area contributed by atoms with Crippen molar-refractivity contribution in [2.75, 3.05) is 0 Å². The largest absolute Gasteiger partial charge is 0.310 e. The molecular weight excluding hydrogens is 611 g/mol. The minimum absolute atomic E-state index is 0.346. The zero-order chi connectivity index (χ0) is 33.8. The first-order valence-corrected chi connectivity index (χ1v) is 16.6. The monoisotopic (exact) mass is 637 g/mol. The highest BCUT2D eigenvalue weighted by molar-refractivity contribution is 6.09. The van der Waals surface area contributed by atoms with Crippen LogP contribution in [0, 0.1) is 34.0 Å². The number of benzene rings is 6. The van der Waals surface area contributed by atoms with E-state index < -0.39 is 0 Å². The lowest BCUT2D eigenvalue weighted by Gasteiger charge is -2.16. The quantitative estimate of drug-likeness (QED) is 0.193. The van der Waals surface area contributed by atoms with Crippen LogP contribution in [0.25, 0.3) is 72.4 Å². The summed E-state index contributed by atoms with van der Waals surface area (Å²) in [6.45, 7) is 0. The summed E-state index contributed by atoms with van der Waals surface area (Å²) < 4.78 is 4.50. The molecular formula is C45H27N5. The lowest BCUT2D eigenvalue weighted by atomic mass is 9.94. The Morgan fingerprint density at radius 1 is 0.520 bits per heavy atom. The van der Waals surface area contributed by atoms with Crippen LogP contribution in [0.2, 0.25) is 0 Å². The zero-order valence-corrected chi connectivity index (χ0v) is 26.9. The smallest absolute Gasteiger partial charge is 0.101 e. The molecule has 0 fully saturated rings. The van der Waals surface area contributed by atoms with Gasteiger partial charge in [-0.2, -0.15) is 15.8 Å². The number of nitrogens with zero attached hydrogens (tertiary/aromatic N) is 5. The van der Waals surface area contributed by atoms with Gasteiger partial charge in [-0.25, -0.2) is 0 Å². The Kier molecular flexibility index (Phi) is 6.70. The standard InChI is InChI=1S/C45H27N5/c46-26-29-16-21-44-40(22-29)38-12-3-4-13-41(38)49(44)35-19-17-30(18-20-35)31-8-7-9-32(23-31)39-24-33(27-47)34(28-48)25-45(39)50-42-14-5-1-10-36(42)37-11-2-6-15-43(37)50/h1-2,4-11,13-25H,3,12H2. The van der Waals surface area contributed by atoms with Gasteiger partial charge in [-0.15, -0.1) is 0 Å². The molecule has 9 rings (SSSR count). The summed E-state index contributed by atoms with van der Waals surface area (Å²) in [7, 11) is 0. The molecule has 0 amide bonds. The minimum atomic E-state index is 0.346. The van der Waals surface area contributed by atoms with E-state index in [-0.39, 0.29) is 0 Å². The Hall–Kier alpha value is -7.13. The van der Waals surface area contributed by atoms with Crippen molar-refractivity contribution < 1.29 is 0 Å². The van der Waals surface area contributed by atoms with E-state index in [2.05, 4.69) is 112 Å². The topological polar surface area (TPSA) is 81.2 Å². The maximum absolute atomic E-state index is 10.1. The van der Waals surface area contributed by atoms with Gasteiger partial charge >= 0.3 is 0 Å². The molecule has 0 aliphatic heterocycles. The summed E-state index contributed by atoms with van der Waals surface area (Å²) in [4.78, 5) is 0. The van der Waals surface area contributed by atoms with E-state index in [4.69, 9.17) is 0 Å². The summed E-state index contributed by atoms with van der Waals surface area (Å²) in [6.07, 6.45) is 6.36. The Bertz CT molecular complexity index is 2790. The molecule has 0 saturated heterocycles. The number of aromatic nitrogens is 2. The molecule has 8 aromatic rings. The van der Waals surface area contributed by atoms with Crippen LogP contribution in [-0.4, -0.2) is 9.13 Å². The van der Waals surface area contributed by atoms with Gasteiger partial charge in [0.1, 0.15) is 12.1 Å². The molecule has 0 unspecified atom stereocenters. The molecule has 2 heterocycles. The molecule has 50 heavy (non-hydrogen) atoms. The van der Waals surface area contributed by atoms with Crippen LogP contribution in [0.4, 0.5) is 0 Å². The van der Waals surface area contributed by atoms with Crippen LogP contribution in [0.15, 0.2) is 133 Å². The average Bonchev–Trinajstić information content (AvgIpc) is 3.70. The van der Waals surface area contributed by atoms with Crippen LogP contribution in [0.1, 0.15) is 34.4 Å². The molecule has 0 spiro atoms. The van der Waals surface area contributed by atoms with Crippen molar-refractivity contribution in [3.8, 4) is 51.8 Å². The molecule has 232 valence electrons. The second kappa shape index (κ2) is 11.5. The van der Waals surface area contributed by atoms with Crippen molar-refractivity contribution in [2.45, 2.75) is 12.8 Å². The van der Waals surface area contributed by atoms with Gasteiger partial charge < -0.3 is 9.13 Å². The zero-order valence-electron chi connectivity index (χ0n) is 26.9. The lowest BCUT2D eigenvalue weighted by molar-refractivity contribution is 0.967. The molecule has 0 atom stereocenters.